The third kappa shape index (κ3) is 3.44. The highest BCUT2D eigenvalue weighted by Gasteiger charge is 2.48. The molecule has 1 spiro atoms. The number of rotatable bonds is 3. The van der Waals surface area contributed by atoms with Crippen LogP contribution in [0.4, 0.5) is 10.6 Å². The van der Waals surface area contributed by atoms with Crippen LogP contribution in [-0.4, -0.2) is 60.5 Å². The predicted octanol–water partition coefficient (Wildman–Crippen LogP) is 2.02. The summed E-state index contributed by atoms with van der Waals surface area (Å²) in [6.45, 7) is 2.31. The van der Waals surface area contributed by atoms with Gasteiger partial charge in [0.25, 0.3) is 10.0 Å². The normalized spacial score (nSPS) is 18.8. The smallest absolute Gasteiger partial charge is 0.331 e. The second kappa shape index (κ2) is 6.70. The Bertz CT molecular complexity index is 1150. The number of H-pyrrole nitrogens is 1. The van der Waals surface area contributed by atoms with Crippen LogP contribution in [0.5, 0.6) is 0 Å². The van der Waals surface area contributed by atoms with Crippen molar-refractivity contribution in [3.8, 4) is 0 Å². The SMILES string of the molecule is O=C(NS(=O)(=O)c1ccsc1)N1CCN(c2ncnc3[nH]ccc23)CC2(CC2)C1. The van der Waals surface area contributed by atoms with Gasteiger partial charge in [0.1, 0.15) is 17.8 Å². The number of urea groups is 1. The molecule has 2 amide bonds. The lowest BCUT2D eigenvalue weighted by Gasteiger charge is -2.25. The molecule has 1 saturated heterocycles. The number of thiophene rings is 1. The van der Waals surface area contributed by atoms with Crippen LogP contribution >= 0.6 is 11.3 Å². The zero-order valence-electron chi connectivity index (χ0n) is 15.5. The van der Waals surface area contributed by atoms with Crippen LogP contribution in [0, 0.1) is 5.41 Å². The number of amides is 2. The van der Waals surface area contributed by atoms with Crippen LogP contribution in [0.25, 0.3) is 11.0 Å². The van der Waals surface area contributed by atoms with Gasteiger partial charge in [-0.25, -0.2) is 27.9 Å². The van der Waals surface area contributed by atoms with Crippen molar-refractivity contribution >= 4 is 44.2 Å². The van der Waals surface area contributed by atoms with E-state index in [1.165, 1.54) is 29.1 Å². The highest BCUT2D eigenvalue weighted by atomic mass is 32.2. The molecule has 29 heavy (non-hydrogen) atoms. The van der Waals surface area contributed by atoms with E-state index in [9.17, 15) is 13.2 Å². The number of carbonyl (C=O) groups excluding carboxylic acids is 1. The van der Waals surface area contributed by atoms with E-state index in [4.69, 9.17) is 0 Å². The van der Waals surface area contributed by atoms with Crippen LogP contribution in [0.3, 0.4) is 0 Å². The Hall–Kier alpha value is -2.66. The van der Waals surface area contributed by atoms with Crippen LogP contribution in [0.1, 0.15) is 12.8 Å². The van der Waals surface area contributed by atoms with Crippen molar-refractivity contribution in [3.05, 3.63) is 35.4 Å². The Morgan fingerprint density at radius 3 is 2.83 bits per heavy atom. The number of carbonyl (C=O) groups is 1. The number of anilines is 1. The van der Waals surface area contributed by atoms with Crippen LogP contribution in [0.15, 0.2) is 40.3 Å². The fraction of sp³-hybridized carbons (Fsp3) is 0.389. The number of aromatic amines is 1. The summed E-state index contributed by atoms with van der Waals surface area (Å²) < 4.78 is 27.1. The molecule has 9 nitrogen and oxygen atoms in total. The van der Waals surface area contributed by atoms with Crippen LogP contribution in [-0.2, 0) is 10.0 Å². The molecule has 0 aromatic carbocycles. The molecule has 0 bridgehead atoms. The number of aromatic nitrogens is 3. The van der Waals surface area contributed by atoms with Gasteiger partial charge in [-0.3, -0.25) is 0 Å². The number of nitrogens with zero attached hydrogens (tertiary/aromatic N) is 4. The maximum Gasteiger partial charge on any atom is 0.331 e. The number of hydrogen-bond acceptors (Lipinski definition) is 7. The van der Waals surface area contributed by atoms with Crippen LogP contribution in [0.2, 0.25) is 0 Å². The number of sulfonamides is 1. The number of fused-ring (bicyclic) bond motifs is 1. The summed E-state index contributed by atoms with van der Waals surface area (Å²) in [7, 11) is -3.85. The molecule has 3 aromatic rings. The van der Waals surface area contributed by atoms with E-state index >= 15 is 0 Å². The molecule has 152 valence electrons. The first-order valence-electron chi connectivity index (χ1n) is 9.33. The first kappa shape index (κ1) is 18.4. The lowest BCUT2D eigenvalue weighted by Crippen LogP contribution is -2.45. The Morgan fingerprint density at radius 1 is 1.21 bits per heavy atom. The fourth-order valence-electron chi connectivity index (χ4n) is 3.86. The molecule has 0 atom stereocenters. The summed E-state index contributed by atoms with van der Waals surface area (Å²) in [4.78, 5) is 28.5. The van der Waals surface area contributed by atoms with Crippen molar-refractivity contribution in [1.82, 2.24) is 24.6 Å². The van der Waals surface area contributed by atoms with Gasteiger partial charge in [0.05, 0.1) is 10.3 Å². The van der Waals surface area contributed by atoms with Crippen molar-refractivity contribution in [2.75, 3.05) is 31.1 Å². The van der Waals surface area contributed by atoms with Gasteiger partial charge in [-0.2, -0.15) is 11.3 Å². The Kier molecular flexibility index (Phi) is 4.24. The van der Waals surface area contributed by atoms with Gasteiger partial charge in [-0.15, -0.1) is 0 Å². The molecule has 2 aliphatic rings. The van der Waals surface area contributed by atoms with Gasteiger partial charge in [-0.1, -0.05) is 0 Å². The predicted molar refractivity (Wildman–Crippen MR) is 109 cm³/mol. The maximum absolute atomic E-state index is 12.8. The molecule has 0 unspecified atom stereocenters. The van der Waals surface area contributed by atoms with Gasteiger partial charge in [-0.05, 0) is 30.4 Å². The molecule has 0 radical (unpaired) electrons. The first-order valence-corrected chi connectivity index (χ1v) is 11.8. The minimum Gasteiger partial charge on any atom is -0.354 e. The quantitative estimate of drug-likeness (QED) is 0.655. The van der Waals surface area contributed by atoms with Crippen LogP contribution < -0.4 is 9.62 Å². The molecule has 4 heterocycles. The topological polar surface area (TPSA) is 111 Å². The van der Waals surface area contributed by atoms with E-state index < -0.39 is 16.1 Å². The average molecular weight is 433 g/mol. The van der Waals surface area contributed by atoms with Gasteiger partial charge < -0.3 is 14.8 Å². The summed E-state index contributed by atoms with van der Waals surface area (Å²) in [5, 5.41) is 4.13. The zero-order chi connectivity index (χ0) is 20.1. The molecule has 2 fully saturated rings. The summed E-state index contributed by atoms with van der Waals surface area (Å²) in [6.07, 6.45) is 5.39. The molecule has 1 aliphatic heterocycles. The Balaban J connectivity index is 1.37. The first-order chi connectivity index (χ1) is 14.0. The van der Waals surface area contributed by atoms with E-state index in [0.717, 1.165) is 36.2 Å². The van der Waals surface area contributed by atoms with Crippen molar-refractivity contribution in [1.29, 1.82) is 0 Å². The number of nitrogens with one attached hydrogen (secondary N) is 2. The van der Waals surface area contributed by atoms with Gasteiger partial charge in [0.2, 0.25) is 0 Å². The lowest BCUT2D eigenvalue weighted by atomic mass is 10.1. The highest BCUT2D eigenvalue weighted by Crippen LogP contribution is 2.48. The summed E-state index contributed by atoms with van der Waals surface area (Å²) >= 11 is 1.28. The van der Waals surface area contributed by atoms with E-state index in [1.807, 2.05) is 12.3 Å². The molecular weight excluding hydrogens is 412 g/mol. The van der Waals surface area contributed by atoms with Gasteiger partial charge in [0.15, 0.2) is 0 Å². The molecule has 2 N–H and O–H groups in total. The third-order valence-corrected chi connectivity index (χ3v) is 7.75. The van der Waals surface area contributed by atoms with E-state index in [0.29, 0.717) is 19.6 Å². The molecule has 5 rings (SSSR count). The van der Waals surface area contributed by atoms with E-state index in [1.54, 1.807) is 10.3 Å². The van der Waals surface area contributed by atoms with E-state index in [-0.39, 0.29) is 10.3 Å². The van der Waals surface area contributed by atoms with Crippen molar-refractivity contribution in [2.45, 2.75) is 17.7 Å². The lowest BCUT2D eigenvalue weighted by molar-refractivity contribution is 0.198. The average Bonchev–Trinajstić information content (AvgIpc) is 3.10. The summed E-state index contributed by atoms with van der Waals surface area (Å²) in [6, 6.07) is 2.87. The summed E-state index contributed by atoms with van der Waals surface area (Å²) in [5.74, 6) is 0.843. The fourth-order valence-corrected chi connectivity index (χ4v) is 5.86. The van der Waals surface area contributed by atoms with E-state index in [2.05, 4.69) is 24.6 Å². The monoisotopic (exact) mass is 432 g/mol. The van der Waals surface area contributed by atoms with Crippen molar-refractivity contribution < 1.29 is 13.2 Å². The largest absolute Gasteiger partial charge is 0.354 e. The van der Waals surface area contributed by atoms with Crippen molar-refractivity contribution in [3.63, 3.8) is 0 Å². The zero-order valence-corrected chi connectivity index (χ0v) is 17.2. The molecule has 11 heteroatoms. The maximum atomic E-state index is 12.8. The second-order valence-corrected chi connectivity index (χ2v) is 10.1. The minimum absolute atomic E-state index is 0.0203. The molecule has 1 saturated carbocycles. The third-order valence-electron chi connectivity index (χ3n) is 5.60. The minimum atomic E-state index is -3.85. The van der Waals surface area contributed by atoms with Gasteiger partial charge >= 0.3 is 6.03 Å². The van der Waals surface area contributed by atoms with Crippen molar-refractivity contribution in [2.24, 2.45) is 5.41 Å². The Morgan fingerprint density at radius 2 is 2.07 bits per heavy atom. The number of hydrogen-bond donors (Lipinski definition) is 2. The highest BCUT2D eigenvalue weighted by molar-refractivity contribution is 7.90. The molecular formula is C18H20N6O3S2. The van der Waals surface area contributed by atoms with Gasteiger partial charge in [0, 0.05) is 43.2 Å². The molecule has 3 aromatic heterocycles. The Labute approximate surface area is 171 Å². The molecule has 1 aliphatic carbocycles. The summed E-state index contributed by atoms with van der Waals surface area (Å²) in [5.41, 5.74) is 0.758. The second-order valence-electron chi connectivity index (χ2n) is 7.65. The standard InChI is InChI=1S/C18H20N6O3S2/c25-17(22-29(26,27)13-2-8-28-9-13)24-7-6-23(10-18(11-24)3-4-18)16-14-1-5-19-15(14)20-12-21-16/h1-2,5,8-9,12H,3-4,6-7,10-11H2,(H,22,25)(H,19,20,21).